The fraction of sp³-hybridized carbons (Fsp3) is 0.462. The molecule has 0 saturated carbocycles. The molecule has 0 bridgehead atoms. The zero-order valence-electron chi connectivity index (χ0n) is 10.1. The van der Waals surface area contributed by atoms with Crippen LogP contribution in [0.3, 0.4) is 0 Å². The summed E-state index contributed by atoms with van der Waals surface area (Å²) in [6.07, 6.45) is 1.52. The van der Waals surface area contributed by atoms with Crippen LogP contribution in [-0.4, -0.2) is 12.2 Å². The zero-order valence-corrected chi connectivity index (χ0v) is 10.1. The van der Waals surface area contributed by atoms with Crippen LogP contribution in [0.15, 0.2) is 24.3 Å². The van der Waals surface area contributed by atoms with E-state index in [1.165, 1.54) is 0 Å². The van der Waals surface area contributed by atoms with Gasteiger partial charge in [0.15, 0.2) is 0 Å². The van der Waals surface area contributed by atoms with E-state index in [0.29, 0.717) is 0 Å². The van der Waals surface area contributed by atoms with Gasteiger partial charge in [0.1, 0.15) is 0 Å². The maximum Gasteiger partial charge on any atom is 0.411 e. The predicted octanol–water partition coefficient (Wildman–Crippen LogP) is 3.60. The normalized spacial score (nSPS) is 10.2. The minimum atomic E-state index is -0.390. The molecular formula is C13H19NO2. The fourth-order valence-electron chi connectivity index (χ4n) is 1.48. The molecule has 1 aromatic carbocycles. The Morgan fingerprint density at radius 3 is 2.69 bits per heavy atom. The largest absolute Gasteiger partial charge is 0.447 e. The average molecular weight is 221 g/mol. The predicted molar refractivity (Wildman–Crippen MR) is 65.7 cm³/mol. The van der Waals surface area contributed by atoms with E-state index in [2.05, 4.69) is 12.2 Å². The first kappa shape index (κ1) is 12.6. The summed E-state index contributed by atoms with van der Waals surface area (Å²) in [6, 6.07) is 7.80. The molecule has 0 fully saturated rings. The summed E-state index contributed by atoms with van der Waals surface area (Å²) >= 11 is 0. The molecule has 1 amide bonds. The first-order chi connectivity index (χ1) is 7.63. The number of para-hydroxylation sites is 1. The van der Waals surface area contributed by atoms with Crippen LogP contribution >= 0.6 is 0 Å². The van der Waals surface area contributed by atoms with E-state index in [1.54, 1.807) is 0 Å². The number of rotatable bonds is 4. The number of benzene rings is 1. The highest BCUT2D eigenvalue weighted by molar-refractivity contribution is 5.85. The van der Waals surface area contributed by atoms with Gasteiger partial charge in [-0.25, -0.2) is 4.79 Å². The van der Waals surface area contributed by atoms with E-state index in [-0.39, 0.29) is 6.10 Å². The summed E-state index contributed by atoms with van der Waals surface area (Å²) in [6.45, 7) is 5.78. The van der Waals surface area contributed by atoms with Gasteiger partial charge in [-0.15, -0.1) is 0 Å². The quantitative estimate of drug-likeness (QED) is 0.843. The van der Waals surface area contributed by atoms with E-state index >= 15 is 0 Å². The van der Waals surface area contributed by atoms with Gasteiger partial charge >= 0.3 is 6.09 Å². The number of aryl methyl sites for hydroxylation is 1. The molecule has 0 radical (unpaired) electrons. The Morgan fingerprint density at radius 1 is 1.38 bits per heavy atom. The van der Waals surface area contributed by atoms with E-state index in [1.807, 2.05) is 38.1 Å². The van der Waals surface area contributed by atoms with Crippen LogP contribution in [-0.2, 0) is 11.2 Å². The molecular weight excluding hydrogens is 202 g/mol. The van der Waals surface area contributed by atoms with Crippen molar-refractivity contribution in [3.63, 3.8) is 0 Å². The lowest BCUT2D eigenvalue weighted by Gasteiger charge is -2.12. The molecule has 88 valence electrons. The Kier molecular flexibility index (Phi) is 4.83. The topological polar surface area (TPSA) is 38.3 Å². The number of nitrogens with one attached hydrogen (secondary N) is 1. The second-order valence-electron chi connectivity index (χ2n) is 3.99. The summed E-state index contributed by atoms with van der Waals surface area (Å²) < 4.78 is 5.04. The van der Waals surface area contributed by atoms with Crippen molar-refractivity contribution in [3.8, 4) is 0 Å². The maximum atomic E-state index is 11.4. The number of amides is 1. The lowest BCUT2D eigenvalue weighted by Crippen LogP contribution is -2.18. The van der Waals surface area contributed by atoms with E-state index in [4.69, 9.17) is 4.74 Å². The molecule has 3 nitrogen and oxygen atoms in total. The van der Waals surface area contributed by atoms with Gasteiger partial charge in [0.05, 0.1) is 6.10 Å². The van der Waals surface area contributed by atoms with E-state index < -0.39 is 6.09 Å². The summed E-state index contributed by atoms with van der Waals surface area (Å²) in [5.41, 5.74) is 1.99. The number of carbonyl (C=O) groups excluding carboxylic acids is 1. The zero-order chi connectivity index (χ0) is 12.0. The maximum absolute atomic E-state index is 11.4. The summed E-state index contributed by atoms with van der Waals surface area (Å²) in [5.74, 6) is 0. The van der Waals surface area contributed by atoms with Crippen molar-refractivity contribution >= 4 is 11.8 Å². The molecule has 1 aromatic rings. The number of hydrogen-bond donors (Lipinski definition) is 1. The highest BCUT2D eigenvalue weighted by atomic mass is 16.6. The monoisotopic (exact) mass is 221 g/mol. The minimum Gasteiger partial charge on any atom is -0.447 e. The third kappa shape index (κ3) is 3.93. The van der Waals surface area contributed by atoms with Crippen LogP contribution in [0.5, 0.6) is 0 Å². The molecule has 0 aliphatic heterocycles. The molecule has 0 spiro atoms. The van der Waals surface area contributed by atoms with Gasteiger partial charge in [-0.3, -0.25) is 5.32 Å². The van der Waals surface area contributed by atoms with Crippen LogP contribution in [0, 0.1) is 0 Å². The molecule has 0 aliphatic carbocycles. The van der Waals surface area contributed by atoms with Crippen molar-refractivity contribution in [2.75, 3.05) is 5.32 Å². The Labute approximate surface area is 96.8 Å². The van der Waals surface area contributed by atoms with Crippen molar-refractivity contribution < 1.29 is 9.53 Å². The number of anilines is 1. The molecule has 0 atom stereocenters. The van der Waals surface area contributed by atoms with Crippen LogP contribution in [0.4, 0.5) is 10.5 Å². The van der Waals surface area contributed by atoms with Gasteiger partial charge in [-0.05, 0) is 31.9 Å². The number of hydrogen-bond acceptors (Lipinski definition) is 2. The third-order valence-electron chi connectivity index (χ3n) is 2.12. The van der Waals surface area contributed by atoms with Crippen LogP contribution < -0.4 is 5.32 Å². The van der Waals surface area contributed by atoms with Gasteiger partial charge in [0, 0.05) is 5.69 Å². The van der Waals surface area contributed by atoms with Gasteiger partial charge < -0.3 is 4.74 Å². The first-order valence-electron chi connectivity index (χ1n) is 5.69. The summed E-state index contributed by atoms with van der Waals surface area (Å²) in [4.78, 5) is 11.4. The highest BCUT2D eigenvalue weighted by Gasteiger charge is 2.07. The fourth-order valence-corrected chi connectivity index (χ4v) is 1.48. The van der Waals surface area contributed by atoms with Gasteiger partial charge in [-0.2, -0.15) is 0 Å². The smallest absolute Gasteiger partial charge is 0.411 e. The van der Waals surface area contributed by atoms with Crippen molar-refractivity contribution in [1.82, 2.24) is 0 Å². The van der Waals surface area contributed by atoms with Gasteiger partial charge in [0.2, 0.25) is 0 Å². The van der Waals surface area contributed by atoms with Crippen LogP contribution in [0.2, 0.25) is 0 Å². The number of carbonyl (C=O) groups is 1. The Morgan fingerprint density at radius 2 is 2.06 bits per heavy atom. The average Bonchev–Trinajstić information content (AvgIpc) is 2.20. The lowest BCUT2D eigenvalue weighted by atomic mass is 10.1. The molecule has 0 aliphatic rings. The molecule has 1 N–H and O–H groups in total. The van der Waals surface area contributed by atoms with Crippen molar-refractivity contribution in [1.29, 1.82) is 0 Å². The second kappa shape index (κ2) is 6.16. The molecule has 0 heterocycles. The molecule has 3 heteroatoms. The molecule has 0 unspecified atom stereocenters. The van der Waals surface area contributed by atoms with Gasteiger partial charge in [-0.1, -0.05) is 31.5 Å². The SMILES string of the molecule is CCCc1ccccc1NC(=O)OC(C)C. The lowest BCUT2D eigenvalue weighted by molar-refractivity contribution is 0.130. The summed E-state index contributed by atoms with van der Waals surface area (Å²) in [7, 11) is 0. The third-order valence-corrected chi connectivity index (χ3v) is 2.12. The van der Waals surface area contributed by atoms with Crippen LogP contribution in [0.25, 0.3) is 0 Å². The van der Waals surface area contributed by atoms with Crippen molar-refractivity contribution in [2.45, 2.75) is 39.7 Å². The Balaban J connectivity index is 2.68. The molecule has 16 heavy (non-hydrogen) atoms. The first-order valence-corrected chi connectivity index (χ1v) is 5.69. The highest BCUT2D eigenvalue weighted by Crippen LogP contribution is 2.17. The standard InChI is InChI=1S/C13H19NO2/c1-4-7-11-8-5-6-9-12(11)14-13(15)16-10(2)3/h5-6,8-10H,4,7H2,1-3H3,(H,14,15). The van der Waals surface area contributed by atoms with Crippen molar-refractivity contribution in [3.05, 3.63) is 29.8 Å². The second-order valence-corrected chi connectivity index (χ2v) is 3.99. The molecule has 0 saturated heterocycles. The van der Waals surface area contributed by atoms with E-state index in [9.17, 15) is 4.79 Å². The van der Waals surface area contributed by atoms with Crippen LogP contribution in [0.1, 0.15) is 32.8 Å². The molecule has 0 aromatic heterocycles. The van der Waals surface area contributed by atoms with E-state index in [0.717, 1.165) is 24.1 Å². The minimum absolute atomic E-state index is 0.0988. The van der Waals surface area contributed by atoms with Gasteiger partial charge in [0.25, 0.3) is 0 Å². The Bertz CT molecular complexity index is 348. The van der Waals surface area contributed by atoms with Crippen molar-refractivity contribution in [2.24, 2.45) is 0 Å². The number of ether oxygens (including phenoxy) is 1. The Hall–Kier alpha value is -1.51. The summed E-state index contributed by atoms with van der Waals surface area (Å²) in [5, 5.41) is 2.77. The molecule has 1 rings (SSSR count).